The summed E-state index contributed by atoms with van der Waals surface area (Å²) in [6.07, 6.45) is 8.26. The number of hydrogen-bond acceptors (Lipinski definition) is 2. The summed E-state index contributed by atoms with van der Waals surface area (Å²) < 4.78 is 2.19. The van der Waals surface area contributed by atoms with Crippen LogP contribution in [0.5, 0.6) is 0 Å². The Morgan fingerprint density at radius 3 is 2.73 bits per heavy atom. The Kier molecular flexibility index (Phi) is 8.73. The van der Waals surface area contributed by atoms with E-state index in [0.717, 1.165) is 57.1 Å². The molecule has 26 heavy (non-hydrogen) atoms. The number of imidazole rings is 1. The second-order valence-corrected chi connectivity index (χ2v) is 6.71. The van der Waals surface area contributed by atoms with Crippen molar-refractivity contribution in [2.24, 2.45) is 4.99 Å². The Morgan fingerprint density at radius 2 is 2.04 bits per heavy atom. The first kappa shape index (κ1) is 20.0. The van der Waals surface area contributed by atoms with Gasteiger partial charge >= 0.3 is 0 Å². The molecular formula is C21H33N5. The van der Waals surface area contributed by atoms with Crippen LogP contribution in [0.25, 0.3) is 0 Å². The number of guanidine groups is 1. The third-order valence-electron chi connectivity index (χ3n) is 4.44. The Bertz CT molecular complexity index is 647. The van der Waals surface area contributed by atoms with E-state index in [4.69, 9.17) is 4.99 Å². The van der Waals surface area contributed by atoms with Crippen molar-refractivity contribution in [1.29, 1.82) is 0 Å². The lowest BCUT2D eigenvalue weighted by Crippen LogP contribution is -2.42. The number of nitrogens with zero attached hydrogens (tertiary/aromatic N) is 3. The van der Waals surface area contributed by atoms with Crippen molar-refractivity contribution in [2.45, 2.75) is 59.0 Å². The van der Waals surface area contributed by atoms with Gasteiger partial charge in [-0.2, -0.15) is 0 Å². The molecule has 5 heteroatoms. The third-order valence-corrected chi connectivity index (χ3v) is 4.44. The smallest absolute Gasteiger partial charge is 0.191 e. The van der Waals surface area contributed by atoms with Gasteiger partial charge in [-0.1, -0.05) is 30.3 Å². The summed E-state index contributed by atoms with van der Waals surface area (Å²) in [6.45, 7) is 9.10. The van der Waals surface area contributed by atoms with Gasteiger partial charge in [0, 0.05) is 38.1 Å². The van der Waals surface area contributed by atoms with Gasteiger partial charge in [0.15, 0.2) is 5.96 Å². The van der Waals surface area contributed by atoms with Crippen molar-refractivity contribution < 1.29 is 0 Å². The summed E-state index contributed by atoms with van der Waals surface area (Å²) in [5.41, 5.74) is 1.39. The molecule has 2 aromatic rings. The van der Waals surface area contributed by atoms with Crippen molar-refractivity contribution >= 4 is 5.96 Å². The van der Waals surface area contributed by atoms with Crippen LogP contribution in [0.4, 0.5) is 0 Å². The average Bonchev–Trinajstić information content (AvgIpc) is 3.05. The molecule has 1 aromatic carbocycles. The van der Waals surface area contributed by atoms with Crippen LogP contribution >= 0.6 is 0 Å². The normalized spacial score (nSPS) is 12.8. The topological polar surface area (TPSA) is 54.2 Å². The molecule has 0 radical (unpaired) electrons. The van der Waals surface area contributed by atoms with Gasteiger partial charge in [0.1, 0.15) is 5.82 Å². The molecule has 142 valence electrons. The first-order chi connectivity index (χ1) is 12.7. The van der Waals surface area contributed by atoms with Crippen molar-refractivity contribution in [1.82, 2.24) is 20.2 Å². The highest BCUT2D eigenvalue weighted by Gasteiger charge is 2.05. The lowest BCUT2D eigenvalue weighted by atomic mass is 10.1. The first-order valence-electron chi connectivity index (χ1n) is 9.75. The Balaban J connectivity index is 1.70. The van der Waals surface area contributed by atoms with E-state index in [1.807, 2.05) is 19.3 Å². The second kappa shape index (κ2) is 11.3. The summed E-state index contributed by atoms with van der Waals surface area (Å²) >= 11 is 0. The molecule has 0 saturated carbocycles. The average molecular weight is 356 g/mol. The lowest BCUT2D eigenvalue weighted by Gasteiger charge is -2.18. The number of aliphatic imine (C=N–C) groups is 1. The predicted molar refractivity (Wildman–Crippen MR) is 110 cm³/mol. The minimum Gasteiger partial charge on any atom is -0.357 e. The van der Waals surface area contributed by atoms with Crippen molar-refractivity contribution in [2.75, 3.05) is 13.1 Å². The van der Waals surface area contributed by atoms with Gasteiger partial charge in [-0.15, -0.1) is 0 Å². The van der Waals surface area contributed by atoms with Crippen LogP contribution in [0.2, 0.25) is 0 Å². The molecule has 1 unspecified atom stereocenters. The van der Waals surface area contributed by atoms with E-state index in [-0.39, 0.29) is 0 Å². The molecule has 0 amide bonds. The van der Waals surface area contributed by atoms with Crippen molar-refractivity contribution in [3.63, 3.8) is 0 Å². The number of rotatable bonds is 10. The fourth-order valence-electron chi connectivity index (χ4n) is 2.88. The molecular weight excluding hydrogens is 322 g/mol. The van der Waals surface area contributed by atoms with Crippen molar-refractivity contribution in [3.05, 3.63) is 54.1 Å². The largest absolute Gasteiger partial charge is 0.357 e. The van der Waals surface area contributed by atoms with Crippen molar-refractivity contribution in [3.8, 4) is 0 Å². The summed E-state index contributed by atoms with van der Waals surface area (Å²) in [7, 11) is 0. The van der Waals surface area contributed by atoms with Gasteiger partial charge < -0.3 is 15.2 Å². The Morgan fingerprint density at radius 1 is 1.23 bits per heavy atom. The molecule has 0 saturated heterocycles. The maximum Gasteiger partial charge on any atom is 0.191 e. The van der Waals surface area contributed by atoms with E-state index in [2.05, 4.69) is 64.4 Å². The standard InChI is InChI=1S/C21H33N5/c1-4-22-21(24-14-8-9-16-26-17-15-23-19(26)3)25-18(2)12-13-20-10-6-5-7-11-20/h5-7,10-11,15,17-18H,4,8-9,12-14,16H2,1-3H3,(H2,22,24,25). The van der Waals surface area contributed by atoms with Gasteiger partial charge in [-0.05, 0) is 52.0 Å². The predicted octanol–water partition coefficient (Wildman–Crippen LogP) is 3.55. The second-order valence-electron chi connectivity index (χ2n) is 6.71. The van der Waals surface area contributed by atoms with Crippen LogP contribution < -0.4 is 10.6 Å². The zero-order valence-electron chi connectivity index (χ0n) is 16.4. The molecule has 0 spiro atoms. The van der Waals surface area contributed by atoms with E-state index in [1.54, 1.807) is 0 Å². The number of aromatic nitrogens is 2. The lowest BCUT2D eigenvalue weighted by molar-refractivity contribution is 0.584. The number of benzene rings is 1. The van der Waals surface area contributed by atoms with Crippen LogP contribution in [-0.2, 0) is 13.0 Å². The minimum atomic E-state index is 0.390. The highest BCUT2D eigenvalue weighted by Crippen LogP contribution is 2.05. The third kappa shape index (κ3) is 7.30. The zero-order valence-corrected chi connectivity index (χ0v) is 16.4. The molecule has 1 heterocycles. The summed E-state index contributed by atoms with van der Waals surface area (Å²) in [5.74, 6) is 2.00. The molecule has 2 N–H and O–H groups in total. The van der Waals surface area contributed by atoms with E-state index >= 15 is 0 Å². The van der Waals surface area contributed by atoms with Crippen LogP contribution in [0, 0.1) is 6.92 Å². The molecule has 0 aliphatic rings. The molecule has 5 nitrogen and oxygen atoms in total. The molecule has 1 atom stereocenters. The maximum atomic E-state index is 4.72. The highest BCUT2D eigenvalue weighted by molar-refractivity contribution is 5.80. The summed E-state index contributed by atoms with van der Waals surface area (Å²) in [5, 5.41) is 6.87. The SMILES string of the molecule is CCNC(=NCCCCn1ccnc1C)NC(C)CCc1ccccc1. The van der Waals surface area contributed by atoms with E-state index in [0.29, 0.717) is 6.04 Å². The van der Waals surface area contributed by atoms with E-state index in [1.165, 1.54) is 5.56 Å². The minimum absolute atomic E-state index is 0.390. The molecule has 0 aliphatic carbocycles. The van der Waals surface area contributed by atoms with Crippen LogP contribution in [0.3, 0.4) is 0 Å². The zero-order chi connectivity index (χ0) is 18.6. The first-order valence-corrected chi connectivity index (χ1v) is 9.75. The number of aryl methyl sites for hydroxylation is 3. The van der Waals surface area contributed by atoms with Gasteiger partial charge in [-0.25, -0.2) is 4.98 Å². The summed E-state index contributed by atoms with van der Waals surface area (Å²) in [4.78, 5) is 8.97. The quantitative estimate of drug-likeness (QED) is 0.389. The fourth-order valence-corrected chi connectivity index (χ4v) is 2.88. The molecule has 0 bridgehead atoms. The van der Waals surface area contributed by atoms with Gasteiger partial charge in [0.2, 0.25) is 0 Å². The van der Waals surface area contributed by atoms with Gasteiger partial charge in [0.05, 0.1) is 0 Å². The number of unbranched alkanes of at least 4 members (excludes halogenated alkanes) is 1. The Labute approximate surface area is 158 Å². The monoisotopic (exact) mass is 355 g/mol. The molecule has 0 fully saturated rings. The molecule has 2 rings (SSSR count). The van der Waals surface area contributed by atoms with E-state index in [9.17, 15) is 0 Å². The Hall–Kier alpha value is -2.30. The molecule has 0 aliphatic heterocycles. The van der Waals surface area contributed by atoms with Gasteiger partial charge in [-0.3, -0.25) is 4.99 Å². The maximum absolute atomic E-state index is 4.72. The molecule has 1 aromatic heterocycles. The number of nitrogens with one attached hydrogen (secondary N) is 2. The van der Waals surface area contributed by atoms with Crippen LogP contribution in [0.15, 0.2) is 47.7 Å². The van der Waals surface area contributed by atoms with Crippen LogP contribution in [0.1, 0.15) is 44.5 Å². The summed E-state index contributed by atoms with van der Waals surface area (Å²) in [6, 6.07) is 11.0. The van der Waals surface area contributed by atoms with Gasteiger partial charge in [0.25, 0.3) is 0 Å². The fraction of sp³-hybridized carbons (Fsp3) is 0.524. The van der Waals surface area contributed by atoms with Crippen LogP contribution in [-0.4, -0.2) is 34.6 Å². The highest BCUT2D eigenvalue weighted by atomic mass is 15.2. The number of hydrogen-bond donors (Lipinski definition) is 2. The van der Waals surface area contributed by atoms with E-state index < -0.39 is 0 Å².